The van der Waals surface area contributed by atoms with Crippen molar-refractivity contribution in [2.24, 2.45) is 0 Å². The third-order valence-corrected chi connectivity index (χ3v) is 2.09. The van der Waals surface area contributed by atoms with Crippen LogP contribution in [0.3, 0.4) is 0 Å². The van der Waals surface area contributed by atoms with E-state index >= 15 is 0 Å². The number of aliphatic hydroxyl groups is 1. The quantitative estimate of drug-likeness (QED) is 0.784. The molecule has 3 heteroatoms. The molecule has 0 atom stereocenters. The van der Waals surface area contributed by atoms with Gasteiger partial charge in [0.05, 0.1) is 13.7 Å². The van der Waals surface area contributed by atoms with Crippen LogP contribution in [0.15, 0.2) is 18.2 Å². The molecule has 3 nitrogen and oxygen atoms in total. The number of benzene rings is 1. The first kappa shape index (κ1) is 11.0. The number of aliphatic hydroxyl groups excluding tert-OH is 1. The third kappa shape index (κ3) is 2.47. The number of nitrogens with zero attached hydrogens (tertiary/aromatic N) is 1. The van der Waals surface area contributed by atoms with Crippen LogP contribution >= 0.6 is 0 Å². The summed E-state index contributed by atoms with van der Waals surface area (Å²) in [6.45, 7) is 0.834. The maximum atomic E-state index is 9.18. The van der Waals surface area contributed by atoms with Crippen LogP contribution in [-0.4, -0.2) is 31.2 Å². The van der Waals surface area contributed by atoms with E-state index in [2.05, 4.69) is 4.90 Å². The Bertz CT molecular complexity index is 275. The summed E-state index contributed by atoms with van der Waals surface area (Å²) in [5, 5.41) is 9.18. The molecule has 0 saturated heterocycles. The normalized spacial score (nSPS) is 10.6. The maximum Gasteiger partial charge on any atom is 0.123 e. The fourth-order valence-corrected chi connectivity index (χ4v) is 1.45. The molecule has 0 saturated carbocycles. The van der Waals surface area contributed by atoms with Crippen LogP contribution in [-0.2, 0) is 13.2 Å². The van der Waals surface area contributed by atoms with Crippen LogP contribution in [0, 0.1) is 0 Å². The Morgan fingerprint density at radius 3 is 2.57 bits per heavy atom. The van der Waals surface area contributed by atoms with E-state index in [1.807, 2.05) is 32.3 Å². The number of methoxy groups -OCH3 is 1. The van der Waals surface area contributed by atoms with E-state index < -0.39 is 0 Å². The first-order valence-corrected chi connectivity index (χ1v) is 4.59. The highest BCUT2D eigenvalue weighted by atomic mass is 16.5. The van der Waals surface area contributed by atoms with Crippen molar-refractivity contribution in [3.8, 4) is 5.75 Å². The molecule has 0 unspecified atom stereocenters. The van der Waals surface area contributed by atoms with Crippen molar-refractivity contribution in [1.29, 1.82) is 0 Å². The molecule has 0 aliphatic heterocycles. The zero-order valence-corrected chi connectivity index (χ0v) is 8.95. The molecule has 14 heavy (non-hydrogen) atoms. The predicted octanol–water partition coefficient (Wildman–Crippen LogP) is 1.25. The Hall–Kier alpha value is -1.06. The van der Waals surface area contributed by atoms with Crippen molar-refractivity contribution in [1.82, 2.24) is 4.90 Å². The number of hydrogen-bond acceptors (Lipinski definition) is 3. The topological polar surface area (TPSA) is 32.7 Å². The lowest BCUT2D eigenvalue weighted by atomic mass is 10.1. The van der Waals surface area contributed by atoms with Crippen LogP contribution in [0.1, 0.15) is 11.1 Å². The van der Waals surface area contributed by atoms with Gasteiger partial charge in [0, 0.05) is 12.1 Å². The lowest BCUT2D eigenvalue weighted by Gasteiger charge is -2.16. The van der Waals surface area contributed by atoms with Crippen molar-refractivity contribution < 1.29 is 9.84 Å². The second-order valence-corrected chi connectivity index (χ2v) is 3.49. The summed E-state index contributed by atoms with van der Waals surface area (Å²) in [5.41, 5.74) is 1.99. The molecule has 0 fully saturated rings. The largest absolute Gasteiger partial charge is 0.496 e. The SMILES string of the molecule is COc1cccc(CO)c1CN(C)C. The van der Waals surface area contributed by atoms with Crippen molar-refractivity contribution in [2.45, 2.75) is 13.2 Å². The van der Waals surface area contributed by atoms with Gasteiger partial charge in [-0.1, -0.05) is 12.1 Å². The molecule has 0 aliphatic rings. The highest BCUT2D eigenvalue weighted by Gasteiger charge is 2.08. The summed E-state index contributed by atoms with van der Waals surface area (Å²) in [6, 6.07) is 5.73. The van der Waals surface area contributed by atoms with Crippen LogP contribution in [0.5, 0.6) is 5.75 Å². The molecule has 78 valence electrons. The van der Waals surface area contributed by atoms with Gasteiger partial charge in [-0.25, -0.2) is 0 Å². The Kier molecular flexibility index (Phi) is 3.92. The second-order valence-electron chi connectivity index (χ2n) is 3.49. The molecule has 1 N–H and O–H groups in total. The van der Waals surface area contributed by atoms with Gasteiger partial charge in [0.1, 0.15) is 5.75 Å². The van der Waals surface area contributed by atoms with E-state index in [4.69, 9.17) is 4.74 Å². The summed E-state index contributed by atoms with van der Waals surface area (Å²) in [4.78, 5) is 2.05. The summed E-state index contributed by atoms with van der Waals surface area (Å²) < 4.78 is 5.25. The van der Waals surface area contributed by atoms with E-state index in [0.717, 1.165) is 23.4 Å². The van der Waals surface area contributed by atoms with Gasteiger partial charge >= 0.3 is 0 Å². The molecular weight excluding hydrogens is 178 g/mol. The molecule has 1 aromatic rings. The van der Waals surface area contributed by atoms with Gasteiger partial charge in [-0.2, -0.15) is 0 Å². The second kappa shape index (κ2) is 4.98. The minimum atomic E-state index is 0.0559. The van der Waals surface area contributed by atoms with Gasteiger partial charge in [-0.05, 0) is 25.7 Å². The van der Waals surface area contributed by atoms with Gasteiger partial charge in [0.25, 0.3) is 0 Å². The van der Waals surface area contributed by atoms with E-state index in [-0.39, 0.29) is 6.61 Å². The molecule has 0 heterocycles. The first-order valence-electron chi connectivity index (χ1n) is 4.59. The molecule has 1 aromatic carbocycles. The lowest BCUT2D eigenvalue weighted by Crippen LogP contribution is -2.13. The van der Waals surface area contributed by atoms with Gasteiger partial charge in [0.2, 0.25) is 0 Å². The highest BCUT2D eigenvalue weighted by Crippen LogP contribution is 2.23. The lowest BCUT2D eigenvalue weighted by molar-refractivity contribution is 0.276. The summed E-state index contributed by atoms with van der Waals surface area (Å²) >= 11 is 0. The molecular formula is C11H17NO2. The Labute approximate surface area is 84.9 Å². The molecule has 0 radical (unpaired) electrons. The third-order valence-electron chi connectivity index (χ3n) is 2.09. The zero-order chi connectivity index (χ0) is 10.6. The standard InChI is InChI=1S/C11H17NO2/c1-12(2)7-10-9(8-13)5-4-6-11(10)14-3/h4-6,13H,7-8H2,1-3H3. The Balaban J connectivity index is 3.05. The Morgan fingerprint density at radius 1 is 1.36 bits per heavy atom. The number of rotatable bonds is 4. The molecule has 1 rings (SSSR count). The highest BCUT2D eigenvalue weighted by molar-refractivity contribution is 5.39. The van der Waals surface area contributed by atoms with Crippen LogP contribution < -0.4 is 4.74 Å². The van der Waals surface area contributed by atoms with Crippen molar-refractivity contribution in [3.05, 3.63) is 29.3 Å². The minimum Gasteiger partial charge on any atom is -0.496 e. The van der Waals surface area contributed by atoms with Crippen molar-refractivity contribution in [3.63, 3.8) is 0 Å². The average Bonchev–Trinajstić information content (AvgIpc) is 2.17. The average molecular weight is 195 g/mol. The number of ether oxygens (including phenoxy) is 1. The first-order chi connectivity index (χ1) is 6.69. The smallest absolute Gasteiger partial charge is 0.123 e. The maximum absolute atomic E-state index is 9.18. The summed E-state index contributed by atoms with van der Waals surface area (Å²) in [6.07, 6.45) is 0. The van der Waals surface area contributed by atoms with Gasteiger partial charge in [-0.15, -0.1) is 0 Å². The van der Waals surface area contributed by atoms with Gasteiger partial charge < -0.3 is 14.7 Å². The van der Waals surface area contributed by atoms with E-state index in [1.165, 1.54) is 0 Å². The molecule has 0 aliphatic carbocycles. The monoisotopic (exact) mass is 195 g/mol. The molecule has 0 bridgehead atoms. The van der Waals surface area contributed by atoms with E-state index in [0.29, 0.717) is 0 Å². The van der Waals surface area contributed by atoms with Crippen LogP contribution in [0.2, 0.25) is 0 Å². The predicted molar refractivity (Wildman–Crippen MR) is 56.3 cm³/mol. The summed E-state index contributed by atoms with van der Waals surface area (Å²) in [7, 11) is 5.64. The fraction of sp³-hybridized carbons (Fsp3) is 0.455. The molecule has 0 aromatic heterocycles. The molecule has 0 amide bonds. The fourth-order valence-electron chi connectivity index (χ4n) is 1.45. The van der Waals surface area contributed by atoms with Crippen LogP contribution in [0.25, 0.3) is 0 Å². The zero-order valence-electron chi connectivity index (χ0n) is 8.95. The summed E-state index contributed by atoms with van der Waals surface area (Å²) in [5.74, 6) is 0.838. The van der Waals surface area contributed by atoms with Crippen LogP contribution in [0.4, 0.5) is 0 Å². The van der Waals surface area contributed by atoms with Crippen molar-refractivity contribution >= 4 is 0 Å². The van der Waals surface area contributed by atoms with E-state index in [1.54, 1.807) is 7.11 Å². The van der Waals surface area contributed by atoms with Crippen molar-refractivity contribution in [2.75, 3.05) is 21.2 Å². The minimum absolute atomic E-state index is 0.0559. The van der Waals surface area contributed by atoms with E-state index in [9.17, 15) is 5.11 Å². The Morgan fingerprint density at radius 2 is 2.07 bits per heavy atom. The molecule has 0 spiro atoms. The van der Waals surface area contributed by atoms with Gasteiger partial charge in [0.15, 0.2) is 0 Å². The van der Waals surface area contributed by atoms with Gasteiger partial charge in [-0.3, -0.25) is 0 Å². The number of hydrogen-bond donors (Lipinski definition) is 1.